The molecule has 0 unspecified atom stereocenters. The summed E-state index contributed by atoms with van der Waals surface area (Å²) in [6.07, 6.45) is -9.43. The van der Waals surface area contributed by atoms with Gasteiger partial charge in [0.1, 0.15) is 10.4 Å². The molecule has 0 rings (SSSR count). The molecule has 0 aromatic carbocycles. The van der Waals surface area contributed by atoms with Gasteiger partial charge in [0, 0.05) is 19.4 Å². The Labute approximate surface area is 189 Å². The quantitative estimate of drug-likeness (QED) is 0.149. The van der Waals surface area contributed by atoms with E-state index < -0.39 is 47.5 Å². The van der Waals surface area contributed by atoms with Crippen molar-refractivity contribution in [3.63, 3.8) is 0 Å². The van der Waals surface area contributed by atoms with E-state index in [2.05, 4.69) is 4.74 Å². The van der Waals surface area contributed by atoms with Gasteiger partial charge in [0.2, 0.25) is 0 Å². The molecule has 0 saturated heterocycles. The van der Waals surface area contributed by atoms with Gasteiger partial charge in [0.15, 0.2) is 0 Å². The number of ether oxygens (including phenoxy) is 1. The number of esters is 1. The summed E-state index contributed by atoms with van der Waals surface area (Å²) in [5.41, 5.74) is 4.00. The highest BCUT2D eigenvalue weighted by Crippen LogP contribution is 2.23. The molecule has 14 heteroatoms. The summed E-state index contributed by atoms with van der Waals surface area (Å²) in [7, 11) is 0. The lowest BCUT2D eigenvalue weighted by molar-refractivity contribution is -0.147. The molecular formula is C18H35ClF6N2O5. The molecule has 0 aromatic heterocycles. The summed E-state index contributed by atoms with van der Waals surface area (Å²) in [5.74, 6) is -1.59. The third-order valence-corrected chi connectivity index (χ3v) is 3.15. The van der Waals surface area contributed by atoms with Gasteiger partial charge in [-0.15, -0.1) is 11.6 Å². The Morgan fingerprint density at radius 1 is 0.875 bits per heavy atom. The number of aliphatic hydroxyl groups is 1. The van der Waals surface area contributed by atoms with Gasteiger partial charge in [-0.05, 0) is 53.4 Å². The van der Waals surface area contributed by atoms with E-state index in [1.54, 1.807) is 0 Å². The normalized spacial score (nSPS) is 11.8. The number of aliphatic hydroxyl groups excluding tert-OH is 1. The molecule has 0 aliphatic rings. The first-order valence-corrected chi connectivity index (χ1v) is 9.64. The van der Waals surface area contributed by atoms with Crippen molar-refractivity contribution in [2.24, 2.45) is 5.73 Å². The van der Waals surface area contributed by atoms with Crippen molar-refractivity contribution < 1.29 is 50.9 Å². The second-order valence-electron chi connectivity index (χ2n) is 7.50. The van der Waals surface area contributed by atoms with Crippen LogP contribution in [0.2, 0.25) is 0 Å². The van der Waals surface area contributed by atoms with E-state index in [0.717, 1.165) is 0 Å². The average Bonchev–Trinajstić information content (AvgIpc) is 2.51. The number of aliphatic carboxylic acids is 1. The van der Waals surface area contributed by atoms with Gasteiger partial charge < -0.3 is 26.8 Å². The number of halogens is 7. The lowest BCUT2D eigenvalue weighted by Gasteiger charge is -2.14. The zero-order chi connectivity index (χ0) is 25.5. The first kappa shape index (κ1) is 38.0. The van der Waals surface area contributed by atoms with Gasteiger partial charge in [-0.2, -0.15) is 26.3 Å². The van der Waals surface area contributed by atoms with E-state index in [9.17, 15) is 35.9 Å². The lowest BCUT2D eigenvalue weighted by atomic mass is 10.1. The Hall–Kier alpha value is -1.31. The molecule has 196 valence electrons. The second kappa shape index (κ2) is 17.2. The fraction of sp³-hybridized carbons (Fsp3) is 0.889. The molecular weight excluding hydrogens is 474 g/mol. The fourth-order valence-corrected chi connectivity index (χ4v) is 1.26. The molecule has 7 nitrogen and oxygen atoms in total. The van der Waals surface area contributed by atoms with Crippen molar-refractivity contribution in [2.45, 2.75) is 89.0 Å². The van der Waals surface area contributed by atoms with Crippen molar-refractivity contribution in [3.8, 4) is 0 Å². The Kier molecular flexibility index (Phi) is 20.4. The third-order valence-electron chi connectivity index (χ3n) is 2.99. The van der Waals surface area contributed by atoms with Crippen molar-refractivity contribution in [1.82, 2.24) is 6.15 Å². The standard InChI is InChI=1S/C9H14ClF3O2.C5H9F3O.C4H9NO2.H3N/c1-8(2,10)7(14)15-6-4-3-5-9(11,12)13;6-5(7,8)3-1-2-4-9;1-4(2,5)3(6)7;/h3-6H2,1-2H3;9H,1-4H2;5H2,1-2H3,(H,6,7);1H3. The number of nitrogens with two attached hydrogens (primary N) is 1. The first-order valence-electron chi connectivity index (χ1n) is 9.26. The highest BCUT2D eigenvalue weighted by Gasteiger charge is 2.28. The minimum atomic E-state index is -4.14. The zero-order valence-corrected chi connectivity index (χ0v) is 19.5. The molecule has 0 radical (unpaired) electrons. The summed E-state index contributed by atoms with van der Waals surface area (Å²) in [4.78, 5) is 19.8. The van der Waals surface area contributed by atoms with Crippen LogP contribution < -0.4 is 11.9 Å². The number of carbonyl (C=O) groups excluding carboxylic acids is 1. The molecule has 0 saturated carbocycles. The summed E-state index contributed by atoms with van der Waals surface area (Å²) in [6.45, 7) is 5.63. The predicted molar refractivity (Wildman–Crippen MR) is 109 cm³/mol. The Morgan fingerprint density at radius 3 is 1.47 bits per heavy atom. The molecule has 7 N–H and O–H groups in total. The highest BCUT2D eigenvalue weighted by molar-refractivity contribution is 6.33. The maximum absolute atomic E-state index is 11.7. The summed E-state index contributed by atoms with van der Waals surface area (Å²) < 4.78 is 73.7. The van der Waals surface area contributed by atoms with Gasteiger partial charge in [-0.1, -0.05) is 0 Å². The molecule has 0 spiro atoms. The van der Waals surface area contributed by atoms with Gasteiger partial charge in [0.05, 0.1) is 6.61 Å². The van der Waals surface area contributed by atoms with E-state index >= 15 is 0 Å². The number of hydrogen-bond acceptors (Lipinski definition) is 6. The number of rotatable bonds is 9. The third kappa shape index (κ3) is 33.3. The number of carbonyl (C=O) groups is 2. The van der Waals surface area contributed by atoms with Crippen LogP contribution in [0.5, 0.6) is 0 Å². The largest absolute Gasteiger partial charge is 0.480 e. The monoisotopic (exact) mass is 508 g/mol. The van der Waals surface area contributed by atoms with E-state index in [1.165, 1.54) is 27.7 Å². The van der Waals surface area contributed by atoms with Crippen LogP contribution in [0.15, 0.2) is 0 Å². The summed E-state index contributed by atoms with van der Waals surface area (Å²) in [5, 5.41) is 16.2. The first-order chi connectivity index (χ1) is 13.6. The molecule has 0 aromatic rings. The Morgan fingerprint density at radius 2 is 1.22 bits per heavy atom. The zero-order valence-electron chi connectivity index (χ0n) is 18.7. The van der Waals surface area contributed by atoms with Crippen LogP contribution in [-0.4, -0.2) is 58.1 Å². The van der Waals surface area contributed by atoms with Gasteiger partial charge in [-0.25, -0.2) is 0 Å². The van der Waals surface area contributed by atoms with E-state index in [-0.39, 0.29) is 45.0 Å². The SMILES string of the molecule is CC(C)(Cl)C(=O)OCCCCC(F)(F)F.CC(C)(N)C(=O)O.N.OCCCCC(F)(F)F. The van der Waals surface area contributed by atoms with Crippen molar-refractivity contribution in [3.05, 3.63) is 0 Å². The van der Waals surface area contributed by atoms with Crippen LogP contribution in [-0.2, 0) is 14.3 Å². The molecule has 0 amide bonds. The van der Waals surface area contributed by atoms with E-state index in [0.29, 0.717) is 0 Å². The van der Waals surface area contributed by atoms with Crippen LogP contribution in [0.3, 0.4) is 0 Å². The predicted octanol–water partition coefficient (Wildman–Crippen LogP) is 4.96. The molecule has 0 aliphatic carbocycles. The van der Waals surface area contributed by atoms with Crippen LogP contribution in [0.25, 0.3) is 0 Å². The van der Waals surface area contributed by atoms with Crippen LogP contribution >= 0.6 is 11.6 Å². The number of carboxylic acid groups (broad SMARTS) is 1. The number of carboxylic acids is 1. The number of unbranched alkanes of at least 4 members (excludes halogenated alkanes) is 2. The molecule has 0 bridgehead atoms. The van der Waals surface area contributed by atoms with E-state index in [4.69, 9.17) is 27.5 Å². The van der Waals surface area contributed by atoms with Crippen LogP contribution in [0.4, 0.5) is 26.3 Å². The Bertz CT molecular complexity index is 504. The average molecular weight is 509 g/mol. The lowest BCUT2D eigenvalue weighted by Crippen LogP contribution is -2.41. The maximum Gasteiger partial charge on any atom is 0.389 e. The number of hydrogen-bond donors (Lipinski definition) is 4. The molecule has 0 fully saturated rings. The van der Waals surface area contributed by atoms with Gasteiger partial charge in [0.25, 0.3) is 0 Å². The summed E-state index contributed by atoms with van der Waals surface area (Å²) >= 11 is 5.61. The smallest absolute Gasteiger partial charge is 0.389 e. The minimum Gasteiger partial charge on any atom is -0.480 e. The van der Waals surface area contributed by atoms with Crippen molar-refractivity contribution >= 4 is 23.5 Å². The van der Waals surface area contributed by atoms with Crippen molar-refractivity contribution in [2.75, 3.05) is 13.2 Å². The molecule has 0 heterocycles. The molecule has 32 heavy (non-hydrogen) atoms. The van der Waals surface area contributed by atoms with Crippen LogP contribution in [0.1, 0.15) is 66.2 Å². The summed E-state index contributed by atoms with van der Waals surface area (Å²) in [6, 6.07) is 0. The van der Waals surface area contributed by atoms with Crippen molar-refractivity contribution in [1.29, 1.82) is 0 Å². The fourth-order valence-electron chi connectivity index (χ4n) is 1.20. The molecule has 0 aliphatic heterocycles. The second-order valence-corrected chi connectivity index (χ2v) is 8.45. The molecule has 0 atom stereocenters. The maximum atomic E-state index is 11.7. The number of alkyl halides is 7. The highest BCUT2D eigenvalue weighted by atomic mass is 35.5. The Balaban J connectivity index is -0.000000198. The van der Waals surface area contributed by atoms with E-state index in [1.807, 2.05) is 0 Å². The van der Waals surface area contributed by atoms with Crippen LogP contribution in [0, 0.1) is 0 Å². The van der Waals surface area contributed by atoms with Gasteiger partial charge >= 0.3 is 24.3 Å². The van der Waals surface area contributed by atoms with Gasteiger partial charge in [-0.3, -0.25) is 9.59 Å². The topological polar surface area (TPSA) is 145 Å². The minimum absolute atomic E-state index is 0.